The van der Waals surface area contributed by atoms with Gasteiger partial charge in [-0.2, -0.15) is 0 Å². The first-order chi connectivity index (χ1) is 10.5. The molecule has 2 rings (SSSR count). The smallest absolute Gasteiger partial charge is 0.220 e. The second-order valence-corrected chi connectivity index (χ2v) is 5.95. The first-order valence-electron chi connectivity index (χ1n) is 7.48. The number of aromatic nitrogens is 1. The van der Waals surface area contributed by atoms with E-state index in [1.165, 1.54) is 5.56 Å². The molecule has 0 radical (unpaired) electrons. The second-order valence-electron chi connectivity index (χ2n) is 5.51. The van der Waals surface area contributed by atoms with E-state index in [1.807, 2.05) is 50.2 Å². The van der Waals surface area contributed by atoms with Crippen molar-refractivity contribution in [1.29, 1.82) is 0 Å². The lowest BCUT2D eigenvalue weighted by atomic mass is 10.1. The number of carbonyl (C=O) groups is 1. The molecule has 4 heteroatoms. The molecule has 0 saturated carbocycles. The third-order valence-electron chi connectivity index (χ3n) is 3.41. The predicted molar refractivity (Wildman–Crippen MR) is 89.9 cm³/mol. The normalized spacial score (nSPS) is 10.5. The van der Waals surface area contributed by atoms with Crippen molar-refractivity contribution in [2.24, 2.45) is 0 Å². The summed E-state index contributed by atoms with van der Waals surface area (Å²) >= 11 is 5.85. The predicted octanol–water partition coefficient (Wildman–Crippen LogP) is 3.99. The molecule has 0 spiro atoms. The molecule has 1 heterocycles. The van der Waals surface area contributed by atoms with E-state index in [4.69, 9.17) is 11.6 Å². The molecule has 0 bridgehead atoms. The number of aryl methyl sites for hydroxylation is 3. The number of nitrogens with one attached hydrogen (secondary N) is 1. The Morgan fingerprint density at radius 3 is 2.36 bits per heavy atom. The lowest BCUT2D eigenvalue weighted by molar-refractivity contribution is -0.121. The molecule has 0 unspecified atom stereocenters. The molecule has 116 valence electrons. The van der Waals surface area contributed by atoms with Crippen molar-refractivity contribution in [3.8, 4) is 0 Å². The summed E-state index contributed by atoms with van der Waals surface area (Å²) in [6.07, 6.45) is 2.26. The number of hydrogen-bond donors (Lipinski definition) is 1. The van der Waals surface area contributed by atoms with Crippen LogP contribution in [0.25, 0.3) is 0 Å². The summed E-state index contributed by atoms with van der Waals surface area (Å²) in [5.41, 5.74) is 4.26. The van der Waals surface area contributed by atoms with Gasteiger partial charge in [-0.1, -0.05) is 23.7 Å². The number of halogens is 1. The minimum Gasteiger partial charge on any atom is -0.352 e. The van der Waals surface area contributed by atoms with Crippen LogP contribution in [0, 0.1) is 13.8 Å². The van der Waals surface area contributed by atoms with E-state index in [0.717, 1.165) is 34.8 Å². The van der Waals surface area contributed by atoms with Crippen LogP contribution < -0.4 is 5.32 Å². The van der Waals surface area contributed by atoms with Gasteiger partial charge >= 0.3 is 0 Å². The summed E-state index contributed by atoms with van der Waals surface area (Å²) < 4.78 is 0. The lowest BCUT2D eigenvalue weighted by Crippen LogP contribution is -2.22. The number of amides is 1. The molecule has 3 nitrogen and oxygen atoms in total. The Morgan fingerprint density at radius 1 is 1.09 bits per heavy atom. The third-order valence-corrected chi connectivity index (χ3v) is 3.67. The van der Waals surface area contributed by atoms with Gasteiger partial charge in [-0.05, 0) is 62.1 Å². The van der Waals surface area contributed by atoms with Crippen LogP contribution >= 0.6 is 11.6 Å². The average molecular weight is 317 g/mol. The zero-order valence-electron chi connectivity index (χ0n) is 13.0. The fourth-order valence-electron chi connectivity index (χ4n) is 2.42. The number of nitrogens with zero attached hydrogens (tertiary/aromatic N) is 1. The summed E-state index contributed by atoms with van der Waals surface area (Å²) in [5, 5.41) is 3.70. The number of rotatable bonds is 6. The van der Waals surface area contributed by atoms with E-state index in [0.29, 0.717) is 13.0 Å². The molecule has 0 fully saturated rings. The zero-order valence-corrected chi connectivity index (χ0v) is 13.8. The first kappa shape index (κ1) is 16.5. The number of benzene rings is 1. The maximum absolute atomic E-state index is 11.9. The highest BCUT2D eigenvalue weighted by atomic mass is 35.5. The van der Waals surface area contributed by atoms with Crippen molar-refractivity contribution in [1.82, 2.24) is 10.3 Å². The maximum atomic E-state index is 11.9. The highest BCUT2D eigenvalue weighted by molar-refractivity contribution is 6.30. The lowest BCUT2D eigenvalue weighted by Gasteiger charge is -2.07. The average Bonchev–Trinajstić information content (AvgIpc) is 2.46. The largest absolute Gasteiger partial charge is 0.352 e. The Hall–Kier alpha value is -1.87. The topological polar surface area (TPSA) is 42.0 Å². The van der Waals surface area contributed by atoms with Gasteiger partial charge in [0.15, 0.2) is 0 Å². The molecule has 0 aliphatic rings. The van der Waals surface area contributed by atoms with Crippen LogP contribution in [0.3, 0.4) is 0 Å². The molecule has 0 aliphatic carbocycles. The van der Waals surface area contributed by atoms with E-state index < -0.39 is 0 Å². The van der Waals surface area contributed by atoms with Gasteiger partial charge in [0, 0.05) is 29.4 Å². The van der Waals surface area contributed by atoms with Gasteiger partial charge in [0.2, 0.25) is 5.91 Å². The van der Waals surface area contributed by atoms with Gasteiger partial charge in [0.25, 0.3) is 0 Å². The van der Waals surface area contributed by atoms with Crippen molar-refractivity contribution in [2.75, 3.05) is 0 Å². The van der Waals surface area contributed by atoms with Crippen LogP contribution in [0.5, 0.6) is 0 Å². The van der Waals surface area contributed by atoms with E-state index >= 15 is 0 Å². The second kappa shape index (κ2) is 7.95. The Balaban J connectivity index is 1.72. The standard InChI is InChI=1S/C18H21ClN2O/c1-13-10-16(11-14(2)21-13)12-20-18(22)5-3-4-15-6-8-17(19)9-7-15/h6-11H,3-5,12H2,1-2H3,(H,20,22). The molecule has 0 atom stereocenters. The molecule has 0 saturated heterocycles. The van der Waals surface area contributed by atoms with Crippen LogP contribution in [-0.4, -0.2) is 10.9 Å². The minimum absolute atomic E-state index is 0.0843. The summed E-state index contributed by atoms with van der Waals surface area (Å²) in [6.45, 7) is 4.48. The van der Waals surface area contributed by atoms with Crippen molar-refractivity contribution < 1.29 is 4.79 Å². The summed E-state index contributed by atoms with van der Waals surface area (Å²) in [5.74, 6) is 0.0843. The van der Waals surface area contributed by atoms with E-state index in [9.17, 15) is 4.79 Å². The number of carbonyl (C=O) groups excluding carboxylic acids is 1. The molecule has 1 N–H and O–H groups in total. The van der Waals surface area contributed by atoms with Crippen LogP contribution in [0.4, 0.5) is 0 Å². The first-order valence-corrected chi connectivity index (χ1v) is 7.86. The quantitative estimate of drug-likeness (QED) is 0.875. The van der Waals surface area contributed by atoms with Crippen molar-refractivity contribution >= 4 is 17.5 Å². The van der Waals surface area contributed by atoms with Gasteiger partial charge in [-0.25, -0.2) is 0 Å². The molecule has 1 aromatic carbocycles. The molecule has 1 amide bonds. The Bertz CT molecular complexity index is 618. The highest BCUT2D eigenvalue weighted by Gasteiger charge is 2.03. The molecule has 22 heavy (non-hydrogen) atoms. The van der Waals surface area contributed by atoms with Gasteiger partial charge in [0.05, 0.1) is 0 Å². The SMILES string of the molecule is Cc1cc(CNC(=O)CCCc2ccc(Cl)cc2)cc(C)n1. The molecular weight excluding hydrogens is 296 g/mol. The molecule has 0 aliphatic heterocycles. The Kier molecular flexibility index (Phi) is 5.96. The monoisotopic (exact) mass is 316 g/mol. The zero-order chi connectivity index (χ0) is 15.9. The molecular formula is C18H21ClN2O. The minimum atomic E-state index is 0.0843. The van der Waals surface area contributed by atoms with Crippen LogP contribution in [0.2, 0.25) is 5.02 Å². The Morgan fingerprint density at radius 2 is 1.73 bits per heavy atom. The summed E-state index contributed by atoms with van der Waals surface area (Å²) in [6, 6.07) is 11.8. The highest BCUT2D eigenvalue weighted by Crippen LogP contribution is 2.11. The van der Waals surface area contributed by atoms with Crippen LogP contribution in [0.1, 0.15) is 35.4 Å². The molecule has 1 aromatic heterocycles. The van der Waals surface area contributed by atoms with Crippen LogP contribution in [-0.2, 0) is 17.8 Å². The van der Waals surface area contributed by atoms with Gasteiger partial charge in [0.1, 0.15) is 0 Å². The van der Waals surface area contributed by atoms with Crippen molar-refractivity contribution in [3.05, 3.63) is 63.9 Å². The van der Waals surface area contributed by atoms with Gasteiger partial charge in [-0.15, -0.1) is 0 Å². The summed E-state index contributed by atoms with van der Waals surface area (Å²) in [4.78, 5) is 16.2. The van der Waals surface area contributed by atoms with Crippen LogP contribution in [0.15, 0.2) is 36.4 Å². The van der Waals surface area contributed by atoms with E-state index in [2.05, 4.69) is 10.3 Å². The number of hydrogen-bond acceptors (Lipinski definition) is 2. The fourth-order valence-corrected chi connectivity index (χ4v) is 2.54. The Labute approximate surface area is 136 Å². The van der Waals surface area contributed by atoms with E-state index in [1.54, 1.807) is 0 Å². The van der Waals surface area contributed by atoms with Gasteiger partial charge in [-0.3, -0.25) is 9.78 Å². The maximum Gasteiger partial charge on any atom is 0.220 e. The van der Waals surface area contributed by atoms with Crippen molar-refractivity contribution in [2.45, 2.75) is 39.7 Å². The third kappa shape index (κ3) is 5.49. The number of pyridine rings is 1. The van der Waals surface area contributed by atoms with E-state index in [-0.39, 0.29) is 5.91 Å². The molecule has 2 aromatic rings. The van der Waals surface area contributed by atoms with Gasteiger partial charge < -0.3 is 5.32 Å². The summed E-state index contributed by atoms with van der Waals surface area (Å²) in [7, 11) is 0. The fraction of sp³-hybridized carbons (Fsp3) is 0.333. The van der Waals surface area contributed by atoms with Crippen molar-refractivity contribution in [3.63, 3.8) is 0 Å².